The number of carbonyl (C=O) groups is 1. The third kappa shape index (κ3) is 4.33. The molecule has 3 atom stereocenters. The predicted molar refractivity (Wildman–Crippen MR) is 157 cm³/mol. The molecule has 6 rings (SSSR count). The molecule has 4 aromatic carbocycles. The smallest absolute Gasteiger partial charge is 0.240 e. The van der Waals surface area contributed by atoms with Gasteiger partial charge in [-0.2, -0.15) is 0 Å². The first-order valence-electron chi connectivity index (χ1n) is 13.8. The Kier molecular flexibility index (Phi) is 6.31. The van der Waals surface area contributed by atoms with Crippen molar-refractivity contribution in [2.24, 2.45) is 0 Å². The number of nitrogens with zero attached hydrogens (tertiary/aromatic N) is 1. The Labute approximate surface area is 231 Å². The third-order valence-electron chi connectivity index (χ3n) is 8.50. The Hall–Kier alpha value is -3.89. The summed E-state index contributed by atoms with van der Waals surface area (Å²) in [6.45, 7) is 7.24. The van der Waals surface area contributed by atoms with Crippen LogP contribution in [0.3, 0.4) is 0 Å². The Balaban J connectivity index is 1.43. The highest BCUT2D eigenvalue weighted by Gasteiger charge is 2.60. The minimum Gasteiger partial charge on any atom is -0.497 e. The summed E-state index contributed by atoms with van der Waals surface area (Å²) >= 11 is 0. The maximum absolute atomic E-state index is 14.7. The molecule has 2 aliphatic rings. The zero-order chi connectivity index (χ0) is 27.2. The number of ether oxygens (including phenoxy) is 1. The summed E-state index contributed by atoms with van der Waals surface area (Å²) in [4.78, 5) is 16.7. The number of anilines is 1. The van der Waals surface area contributed by atoms with Gasteiger partial charge in [0, 0.05) is 11.7 Å². The second-order valence-corrected chi connectivity index (χ2v) is 11.9. The van der Waals surface area contributed by atoms with Crippen molar-refractivity contribution < 1.29 is 9.53 Å². The number of nitrogens with one attached hydrogen (secondary N) is 1. The van der Waals surface area contributed by atoms with Crippen molar-refractivity contribution in [3.8, 4) is 5.75 Å². The molecule has 198 valence electrons. The second-order valence-electron chi connectivity index (χ2n) is 11.9. The molecule has 3 unspecified atom stereocenters. The van der Waals surface area contributed by atoms with E-state index in [1.165, 1.54) is 11.1 Å². The standard InChI is InChI=1S/C35H36N2O2/c1-34(2,3)27-18-16-25(17-19-27)30-22-35(32(36-30)26-10-6-5-7-11-26)29-12-8-9-13-31(29)37(33(35)38)23-24-14-20-28(39-4)21-15-24/h5-21,30,32,36H,22-23H2,1-4H3. The molecular formula is C35H36N2O2. The zero-order valence-electron chi connectivity index (χ0n) is 23.1. The van der Waals surface area contributed by atoms with Crippen molar-refractivity contribution >= 4 is 11.6 Å². The van der Waals surface area contributed by atoms with Gasteiger partial charge in [-0.25, -0.2) is 0 Å². The molecule has 1 fully saturated rings. The van der Waals surface area contributed by atoms with Gasteiger partial charge in [-0.15, -0.1) is 0 Å². The number of hydrogen-bond acceptors (Lipinski definition) is 3. The topological polar surface area (TPSA) is 41.6 Å². The van der Waals surface area contributed by atoms with Crippen molar-refractivity contribution in [2.45, 2.75) is 56.7 Å². The molecule has 0 radical (unpaired) electrons. The van der Waals surface area contributed by atoms with Crippen LogP contribution in [-0.4, -0.2) is 13.0 Å². The van der Waals surface area contributed by atoms with Crippen molar-refractivity contribution in [1.82, 2.24) is 5.32 Å². The minimum absolute atomic E-state index is 0.0576. The van der Waals surface area contributed by atoms with E-state index in [4.69, 9.17) is 4.74 Å². The first-order valence-corrected chi connectivity index (χ1v) is 13.8. The number of para-hydroxylation sites is 1. The highest BCUT2D eigenvalue weighted by atomic mass is 16.5. The van der Waals surface area contributed by atoms with E-state index < -0.39 is 5.41 Å². The first-order chi connectivity index (χ1) is 18.8. The third-order valence-corrected chi connectivity index (χ3v) is 8.50. The average Bonchev–Trinajstić information content (AvgIpc) is 3.47. The molecule has 0 aromatic heterocycles. The summed E-state index contributed by atoms with van der Waals surface area (Å²) in [5.74, 6) is 0.975. The summed E-state index contributed by atoms with van der Waals surface area (Å²) < 4.78 is 5.35. The fraction of sp³-hybridized carbons (Fsp3) is 0.286. The van der Waals surface area contributed by atoms with Crippen molar-refractivity contribution in [3.63, 3.8) is 0 Å². The van der Waals surface area contributed by atoms with Crippen LogP contribution < -0.4 is 15.0 Å². The lowest BCUT2D eigenvalue weighted by Gasteiger charge is -2.30. The average molecular weight is 517 g/mol. The Morgan fingerprint density at radius 2 is 1.51 bits per heavy atom. The van der Waals surface area contributed by atoms with Crippen LogP contribution in [0, 0.1) is 0 Å². The van der Waals surface area contributed by atoms with E-state index >= 15 is 0 Å². The molecule has 2 heterocycles. The van der Waals surface area contributed by atoms with Gasteiger partial charge in [-0.1, -0.05) is 106 Å². The Bertz CT molecular complexity index is 1470. The van der Waals surface area contributed by atoms with Crippen molar-refractivity contribution in [1.29, 1.82) is 0 Å². The summed E-state index contributed by atoms with van der Waals surface area (Å²) in [5, 5.41) is 3.92. The van der Waals surface area contributed by atoms with E-state index in [1.54, 1.807) is 7.11 Å². The maximum Gasteiger partial charge on any atom is 0.240 e. The maximum atomic E-state index is 14.7. The van der Waals surface area contributed by atoms with Crippen LogP contribution in [0.25, 0.3) is 0 Å². The van der Waals surface area contributed by atoms with Crippen LogP contribution in [0.1, 0.15) is 67.1 Å². The summed E-state index contributed by atoms with van der Waals surface area (Å²) in [6, 6.07) is 35.7. The van der Waals surface area contributed by atoms with Crippen LogP contribution in [0.4, 0.5) is 5.69 Å². The van der Waals surface area contributed by atoms with Gasteiger partial charge in [-0.3, -0.25) is 4.79 Å². The molecule has 39 heavy (non-hydrogen) atoms. The molecule has 1 spiro atoms. The fourth-order valence-electron chi connectivity index (χ4n) is 6.40. The van der Waals surface area contributed by atoms with Crippen LogP contribution in [0.2, 0.25) is 0 Å². The summed E-state index contributed by atoms with van der Waals surface area (Å²) in [5.41, 5.74) is 6.26. The van der Waals surface area contributed by atoms with Crippen LogP contribution in [0.15, 0.2) is 103 Å². The van der Waals surface area contributed by atoms with Crippen LogP contribution in [0.5, 0.6) is 5.75 Å². The largest absolute Gasteiger partial charge is 0.497 e. The van der Waals surface area contributed by atoms with Gasteiger partial charge in [0.25, 0.3) is 0 Å². The zero-order valence-corrected chi connectivity index (χ0v) is 23.1. The number of rotatable bonds is 5. The molecule has 1 saturated heterocycles. The van der Waals surface area contributed by atoms with E-state index in [0.717, 1.165) is 28.1 Å². The number of amides is 1. The van der Waals surface area contributed by atoms with E-state index in [0.29, 0.717) is 13.0 Å². The van der Waals surface area contributed by atoms with Gasteiger partial charge in [0.1, 0.15) is 5.75 Å². The molecule has 0 bridgehead atoms. The lowest BCUT2D eigenvalue weighted by atomic mass is 9.71. The second kappa shape index (κ2) is 9.69. The summed E-state index contributed by atoms with van der Waals surface area (Å²) in [6.07, 6.45) is 0.705. The van der Waals surface area contributed by atoms with Crippen molar-refractivity contribution in [3.05, 3.63) is 131 Å². The molecule has 0 aliphatic carbocycles. The summed E-state index contributed by atoms with van der Waals surface area (Å²) in [7, 11) is 1.67. The first kappa shape index (κ1) is 25.4. The van der Waals surface area contributed by atoms with Gasteiger partial charge in [-0.05, 0) is 57.9 Å². The number of benzene rings is 4. The molecule has 1 amide bonds. The normalized spacial score (nSPS) is 22.4. The highest BCUT2D eigenvalue weighted by molar-refractivity contribution is 6.09. The molecule has 0 saturated carbocycles. The molecule has 4 heteroatoms. The molecule has 4 aromatic rings. The van der Waals surface area contributed by atoms with Gasteiger partial charge in [0.2, 0.25) is 5.91 Å². The minimum atomic E-state index is -0.697. The SMILES string of the molecule is COc1ccc(CN2C(=O)C3(CC(c4ccc(C(C)(C)C)cc4)NC3c3ccccc3)c3ccccc32)cc1. The lowest BCUT2D eigenvalue weighted by Crippen LogP contribution is -2.43. The number of methoxy groups -OCH3 is 1. The lowest BCUT2D eigenvalue weighted by molar-refractivity contribution is -0.123. The molecule has 4 nitrogen and oxygen atoms in total. The van der Waals surface area contributed by atoms with E-state index in [9.17, 15) is 4.79 Å². The van der Waals surface area contributed by atoms with Crippen LogP contribution >= 0.6 is 0 Å². The quantitative estimate of drug-likeness (QED) is 0.304. The van der Waals surface area contributed by atoms with Gasteiger partial charge >= 0.3 is 0 Å². The number of fused-ring (bicyclic) bond motifs is 2. The van der Waals surface area contributed by atoms with Crippen LogP contribution in [-0.2, 0) is 22.2 Å². The van der Waals surface area contributed by atoms with Crippen molar-refractivity contribution in [2.75, 3.05) is 12.0 Å². The molecular weight excluding hydrogens is 480 g/mol. The van der Waals surface area contributed by atoms with Gasteiger partial charge in [0.15, 0.2) is 0 Å². The monoisotopic (exact) mass is 516 g/mol. The van der Waals surface area contributed by atoms with E-state index in [2.05, 4.69) is 92.8 Å². The Morgan fingerprint density at radius 3 is 2.18 bits per heavy atom. The fourth-order valence-corrected chi connectivity index (χ4v) is 6.40. The number of carbonyl (C=O) groups excluding carboxylic acids is 1. The highest BCUT2D eigenvalue weighted by Crippen LogP contribution is 2.57. The van der Waals surface area contributed by atoms with Gasteiger partial charge in [0.05, 0.1) is 25.1 Å². The van der Waals surface area contributed by atoms with E-state index in [1.807, 2.05) is 41.3 Å². The molecule has 1 N–H and O–H groups in total. The van der Waals surface area contributed by atoms with E-state index in [-0.39, 0.29) is 23.4 Å². The number of hydrogen-bond donors (Lipinski definition) is 1. The van der Waals surface area contributed by atoms with Gasteiger partial charge < -0.3 is 15.0 Å². The molecule has 2 aliphatic heterocycles. The Morgan fingerprint density at radius 1 is 0.846 bits per heavy atom. The predicted octanol–water partition coefficient (Wildman–Crippen LogP) is 7.25.